The maximum absolute atomic E-state index is 12.0. The van der Waals surface area contributed by atoms with E-state index in [4.69, 9.17) is 0 Å². The Labute approximate surface area is 173 Å². The third kappa shape index (κ3) is 3.30. The molecule has 2 fully saturated rings. The number of nitrogens with zero attached hydrogens (tertiary/aromatic N) is 2. The number of ketones is 1. The number of hydrogen-bond donors (Lipinski definition) is 0. The van der Waals surface area contributed by atoms with E-state index in [9.17, 15) is 4.79 Å². The van der Waals surface area contributed by atoms with Crippen LogP contribution in [0, 0.1) is 0 Å². The summed E-state index contributed by atoms with van der Waals surface area (Å²) in [5, 5.41) is 2.52. The minimum Gasteiger partial charge on any atom is -0.339 e. The summed E-state index contributed by atoms with van der Waals surface area (Å²) in [6.07, 6.45) is 9.36. The van der Waals surface area contributed by atoms with Gasteiger partial charge in [0.05, 0.1) is 0 Å². The summed E-state index contributed by atoms with van der Waals surface area (Å²) in [6, 6.07) is 14.8. The molecule has 5 rings (SSSR count). The van der Waals surface area contributed by atoms with Crippen LogP contribution in [-0.2, 0) is 13.0 Å². The molecule has 2 aliphatic rings. The summed E-state index contributed by atoms with van der Waals surface area (Å²) < 4.78 is 2.50. The van der Waals surface area contributed by atoms with Crippen molar-refractivity contribution in [2.24, 2.45) is 0 Å². The lowest BCUT2D eigenvalue weighted by Gasteiger charge is -2.46. The summed E-state index contributed by atoms with van der Waals surface area (Å²) in [5.74, 6) is 0.139. The standard InChI is InChI=1S/C26H32N2O/c1-3-19-10-12-25-23(16-19)24-17-20(18(2)29)11-13-26(24)28(25)15-14-27(21-6-4-7-21)22-8-5-9-22/h10-13,16-17,21-22H,3-9,14-15H2,1-2H3. The minimum atomic E-state index is 0.139. The Morgan fingerprint density at radius 1 is 0.966 bits per heavy atom. The van der Waals surface area contributed by atoms with Gasteiger partial charge in [0.2, 0.25) is 0 Å². The van der Waals surface area contributed by atoms with Crippen LogP contribution in [0.1, 0.15) is 68.3 Å². The largest absolute Gasteiger partial charge is 0.339 e. The molecule has 3 aromatic rings. The van der Waals surface area contributed by atoms with Crippen molar-refractivity contribution in [3.05, 3.63) is 47.5 Å². The van der Waals surface area contributed by atoms with E-state index < -0.39 is 0 Å². The van der Waals surface area contributed by atoms with Gasteiger partial charge < -0.3 is 4.57 Å². The van der Waals surface area contributed by atoms with Crippen molar-refractivity contribution in [2.45, 2.75) is 77.4 Å². The molecule has 2 aliphatic carbocycles. The van der Waals surface area contributed by atoms with Gasteiger partial charge in [-0.1, -0.05) is 25.8 Å². The molecule has 0 unspecified atom stereocenters. The van der Waals surface area contributed by atoms with Crippen LogP contribution in [0.2, 0.25) is 0 Å². The zero-order chi connectivity index (χ0) is 20.0. The zero-order valence-electron chi connectivity index (χ0n) is 17.8. The van der Waals surface area contributed by atoms with Gasteiger partial charge in [0.1, 0.15) is 0 Å². The number of carbonyl (C=O) groups is 1. The Kier molecular flexibility index (Phi) is 4.95. The number of aryl methyl sites for hydroxylation is 1. The Hall–Kier alpha value is -2.13. The first-order valence-corrected chi connectivity index (χ1v) is 11.5. The van der Waals surface area contributed by atoms with Gasteiger partial charge in [0, 0.05) is 52.5 Å². The first-order valence-electron chi connectivity index (χ1n) is 11.5. The number of Topliss-reactive ketones (excluding diaryl/α,β-unsaturated/α-hetero) is 1. The van der Waals surface area contributed by atoms with E-state index in [0.29, 0.717) is 0 Å². The second-order valence-electron chi connectivity index (χ2n) is 9.05. The van der Waals surface area contributed by atoms with Crippen molar-refractivity contribution in [3.8, 4) is 0 Å². The van der Waals surface area contributed by atoms with E-state index in [1.807, 2.05) is 6.07 Å². The average Bonchev–Trinajstić information content (AvgIpc) is 2.95. The Balaban J connectivity index is 1.55. The third-order valence-corrected chi connectivity index (χ3v) is 7.41. The van der Waals surface area contributed by atoms with Crippen LogP contribution in [0.15, 0.2) is 36.4 Å². The molecule has 0 radical (unpaired) electrons. The first kappa shape index (κ1) is 18.9. The maximum atomic E-state index is 12.0. The van der Waals surface area contributed by atoms with Gasteiger partial charge in [-0.25, -0.2) is 0 Å². The van der Waals surface area contributed by atoms with Gasteiger partial charge in [-0.3, -0.25) is 9.69 Å². The van der Waals surface area contributed by atoms with Gasteiger partial charge >= 0.3 is 0 Å². The Morgan fingerprint density at radius 3 is 2.14 bits per heavy atom. The van der Waals surface area contributed by atoms with E-state index in [-0.39, 0.29) is 5.78 Å². The lowest BCUT2D eigenvalue weighted by molar-refractivity contribution is 0.0381. The molecule has 1 heterocycles. The third-order valence-electron chi connectivity index (χ3n) is 7.41. The molecule has 0 atom stereocenters. The van der Waals surface area contributed by atoms with Crippen molar-refractivity contribution in [3.63, 3.8) is 0 Å². The fourth-order valence-corrected chi connectivity index (χ4v) is 5.15. The summed E-state index contributed by atoms with van der Waals surface area (Å²) >= 11 is 0. The molecule has 3 nitrogen and oxygen atoms in total. The number of hydrogen-bond acceptors (Lipinski definition) is 2. The van der Waals surface area contributed by atoms with Crippen molar-refractivity contribution in [1.82, 2.24) is 9.47 Å². The highest BCUT2D eigenvalue weighted by atomic mass is 16.1. The van der Waals surface area contributed by atoms with E-state index in [2.05, 4.69) is 46.7 Å². The summed E-state index contributed by atoms with van der Waals surface area (Å²) in [7, 11) is 0. The van der Waals surface area contributed by atoms with Gasteiger partial charge in [-0.15, -0.1) is 0 Å². The summed E-state index contributed by atoms with van der Waals surface area (Å²) in [4.78, 5) is 14.8. The molecule has 0 amide bonds. The van der Waals surface area contributed by atoms with E-state index in [1.54, 1.807) is 6.92 Å². The number of benzene rings is 2. The number of rotatable bonds is 7. The molecule has 0 spiro atoms. The first-order chi connectivity index (χ1) is 14.2. The molecule has 2 saturated carbocycles. The molecular formula is C26H32N2O. The number of aromatic nitrogens is 1. The minimum absolute atomic E-state index is 0.139. The quantitative estimate of drug-likeness (QED) is 0.466. The molecule has 2 aromatic carbocycles. The predicted molar refractivity (Wildman–Crippen MR) is 121 cm³/mol. The number of fused-ring (bicyclic) bond motifs is 3. The average molecular weight is 389 g/mol. The molecule has 1 aromatic heterocycles. The predicted octanol–water partition coefficient (Wildman–Crippen LogP) is 5.97. The lowest BCUT2D eigenvalue weighted by Crippen LogP contribution is -2.50. The van der Waals surface area contributed by atoms with E-state index in [0.717, 1.165) is 37.2 Å². The van der Waals surface area contributed by atoms with Gasteiger partial charge in [0.15, 0.2) is 5.78 Å². The van der Waals surface area contributed by atoms with Crippen LogP contribution in [0.5, 0.6) is 0 Å². The molecule has 0 bridgehead atoms. The van der Waals surface area contributed by atoms with Crippen molar-refractivity contribution >= 4 is 27.6 Å². The topological polar surface area (TPSA) is 25.2 Å². The second-order valence-corrected chi connectivity index (χ2v) is 9.05. The molecule has 0 N–H and O–H groups in total. The van der Waals surface area contributed by atoms with Crippen LogP contribution < -0.4 is 0 Å². The van der Waals surface area contributed by atoms with Crippen molar-refractivity contribution in [1.29, 1.82) is 0 Å². The van der Waals surface area contributed by atoms with Gasteiger partial charge in [-0.05, 0) is 74.9 Å². The number of carbonyl (C=O) groups excluding carboxylic acids is 1. The smallest absolute Gasteiger partial charge is 0.159 e. The highest BCUT2D eigenvalue weighted by molar-refractivity contribution is 6.10. The second kappa shape index (κ2) is 7.60. The summed E-state index contributed by atoms with van der Waals surface area (Å²) in [6.45, 7) is 6.03. The monoisotopic (exact) mass is 388 g/mol. The normalized spacial score (nSPS) is 17.8. The van der Waals surface area contributed by atoms with E-state index >= 15 is 0 Å². The van der Waals surface area contributed by atoms with Crippen molar-refractivity contribution in [2.75, 3.05) is 6.54 Å². The highest BCUT2D eigenvalue weighted by Crippen LogP contribution is 2.35. The molecule has 29 heavy (non-hydrogen) atoms. The van der Waals surface area contributed by atoms with Crippen LogP contribution >= 0.6 is 0 Å². The SMILES string of the molecule is CCc1ccc2c(c1)c1cc(C(C)=O)ccc1n2CCN(C1CCC1)C1CCC1. The van der Waals surface area contributed by atoms with Gasteiger partial charge in [-0.2, -0.15) is 0 Å². The highest BCUT2D eigenvalue weighted by Gasteiger charge is 2.33. The van der Waals surface area contributed by atoms with Crippen LogP contribution in [0.4, 0.5) is 0 Å². The zero-order valence-corrected chi connectivity index (χ0v) is 17.8. The molecular weight excluding hydrogens is 356 g/mol. The van der Waals surface area contributed by atoms with Crippen LogP contribution in [0.3, 0.4) is 0 Å². The maximum Gasteiger partial charge on any atom is 0.159 e. The molecule has 3 heteroatoms. The fourth-order valence-electron chi connectivity index (χ4n) is 5.15. The fraction of sp³-hybridized carbons (Fsp3) is 0.500. The van der Waals surface area contributed by atoms with Crippen LogP contribution in [-0.4, -0.2) is 33.9 Å². The molecule has 152 valence electrons. The molecule has 0 aliphatic heterocycles. The van der Waals surface area contributed by atoms with Crippen LogP contribution in [0.25, 0.3) is 21.8 Å². The van der Waals surface area contributed by atoms with E-state index in [1.165, 1.54) is 65.9 Å². The van der Waals surface area contributed by atoms with Gasteiger partial charge in [0.25, 0.3) is 0 Å². The Bertz CT molecular complexity index is 1040. The van der Waals surface area contributed by atoms with Crippen molar-refractivity contribution < 1.29 is 4.79 Å². The Morgan fingerprint density at radius 2 is 1.59 bits per heavy atom. The lowest BCUT2D eigenvalue weighted by atomic mass is 9.84. The summed E-state index contributed by atoms with van der Waals surface area (Å²) in [5.41, 5.74) is 4.74. The molecule has 0 saturated heterocycles.